The monoisotopic (exact) mass is 337 g/mol. The van der Waals surface area contributed by atoms with Crippen LogP contribution in [0.15, 0.2) is 28.7 Å². The van der Waals surface area contributed by atoms with E-state index in [1.54, 1.807) is 0 Å². The van der Waals surface area contributed by atoms with Gasteiger partial charge in [-0.05, 0) is 37.1 Å². The summed E-state index contributed by atoms with van der Waals surface area (Å²) in [5.41, 5.74) is 6.36. The van der Waals surface area contributed by atoms with Crippen molar-refractivity contribution >= 4 is 33.4 Å². The second-order valence-corrected chi connectivity index (χ2v) is 6.22. The van der Waals surface area contributed by atoms with E-state index in [1.165, 1.54) is 0 Å². The molecule has 0 spiro atoms. The third kappa shape index (κ3) is 2.95. The maximum absolute atomic E-state index is 12.1. The molecule has 0 radical (unpaired) electrons. The van der Waals surface area contributed by atoms with E-state index in [9.17, 15) is 9.59 Å². The minimum Gasteiger partial charge on any atom is -0.339 e. The van der Waals surface area contributed by atoms with Crippen LogP contribution >= 0.6 is 15.9 Å². The van der Waals surface area contributed by atoms with E-state index in [-0.39, 0.29) is 17.7 Å². The van der Waals surface area contributed by atoms with Gasteiger partial charge in [-0.25, -0.2) is 0 Å². The van der Waals surface area contributed by atoms with Gasteiger partial charge in [0.1, 0.15) is 0 Å². The van der Waals surface area contributed by atoms with Crippen molar-refractivity contribution in [1.82, 2.24) is 10.3 Å². The van der Waals surface area contributed by atoms with E-state index >= 15 is 0 Å². The Bertz CT molecular complexity index is 528. The molecule has 5 nitrogen and oxygen atoms in total. The van der Waals surface area contributed by atoms with Gasteiger partial charge >= 0.3 is 0 Å². The third-order valence-electron chi connectivity index (χ3n) is 3.69. The summed E-state index contributed by atoms with van der Waals surface area (Å²) in [6, 6.07) is 7.89. The average Bonchev–Trinajstić information content (AvgIpc) is 3.21. The zero-order valence-corrected chi connectivity index (χ0v) is 12.5. The quantitative estimate of drug-likeness (QED) is 0.825. The number of halogens is 1. The molecule has 2 N–H and O–H groups in total. The summed E-state index contributed by atoms with van der Waals surface area (Å²) < 4.78 is 0.982. The second-order valence-electron chi connectivity index (χ2n) is 5.30. The van der Waals surface area contributed by atoms with Crippen LogP contribution in [0.1, 0.15) is 19.3 Å². The highest BCUT2D eigenvalue weighted by Crippen LogP contribution is 2.32. The second kappa shape index (κ2) is 5.44. The SMILES string of the molecule is O=C(NNc1ccc(Br)cc1)[C@@H]1CC(=O)N(C2CC2)C1. The first-order chi connectivity index (χ1) is 9.63. The summed E-state index contributed by atoms with van der Waals surface area (Å²) in [6.07, 6.45) is 2.48. The van der Waals surface area contributed by atoms with Gasteiger partial charge in [0.25, 0.3) is 0 Å². The Morgan fingerprint density at radius 1 is 1.25 bits per heavy atom. The third-order valence-corrected chi connectivity index (χ3v) is 4.22. The Kier molecular flexibility index (Phi) is 3.65. The van der Waals surface area contributed by atoms with Crippen molar-refractivity contribution in [1.29, 1.82) is 0 Å². The molecule has 0 unspecified atom stereocenters. The molecule has 1 aromatic rings. The van der Waals surface area contributed by atoms with Crippen LogP contribution in [0.4, 0.5) is 5.69 Å². The van der Waals surface area contributed by atoms with Gasteiger partial charge in [0.15, 0.2) is 0 Å². The molecular weight excluding hydrogens is 322 g/mol. The van der Waals surface area contributed by atoms with Crippen molar-refractivity contribution in [3.8, 4) is 0 Å². The van der Waals surface area contributed by atoms with Crippen LogP contribution in [0.5, 0.6) is 0 Å². The maximum Gasteiger partial charge on any atom is 0.243 e. The van der Waals surface area contributed by atoms with E-state index in [1.807, 2.05) is 29.2 Å². The number of carbonyl (C=O) groups excluding carboxylic acids is 2. The molecule has 0 aromatic heterocycles. The van der Waals surface area contributed by atoms with Crippen LogP contribution in [0.3, 0.4) is 0 Å². The molecule has 1 saturated carbocycles. The first kappa shape index (κ1) is 13.4. The van der Waals surface area contributed by atoms with Gasteiger partial charge in [-0.2, -0.15) is 0 Å². The molecule has 3 rings (SSSR count). The summed E-state index contributed by atoms with van der Waals surface area (Å²) in [7, 11) is 0. The zero-order valence-electron chi connectivity index (χ0n) is 10.9. The highest BCUT2D eigenvalue weighted by atomic mass is 79.9. The average molecular weight is 338 g/mol. The van der Waals surface area contributed by atoms with Gasteiger partial charge < -0.3 is 4.90 Å². The number of hydrogen-bond acceptors (Lipinski definition) is 3. The predicted octanol–water partition coefficient (Wildman–Crippen LogP) is 1.90. The van der Waals surface area contributed by atoms with Gasteiger partial charge in [-0.15, -0.1) is 0 Å². The van der Waals surface area contributed by atoms with Crippen LogP contribution in [-0.4, -0.2) is 29.3 Å². The summed E-state index contributed by atoms with van der Waals surface area (Å²) >= 11 is 3.35. The molecule has 0 bridgehead atoms. The number of likely N-dealkylation sites (tertiary alicyclic amines) is 1. The molecule has 106 valence electrons. The molecule has 2 fully saturated rings. The number of carbonyl (C=O) groups is 2. The molecule has 6 heteroatoms. The molecule has 2 amide bonds. The lowest BCUT2D eigenvalue weighted by Gasteiger charge is -2.15. The van der Waals surface area contributed by atoms with Gasteiger partial charge in [0, 0.05) is 23.5 Å². The van der Waals surface area contributed by atoms with Crippen LogP contribution in [0, 0.1) is 5.92 Å². The lowest BCUT2D eigenvalue weighted by Crippen LogP contribution is -2.36. The van der Waals surface area contributed by atoms with Crippen LogP contribution < -0.4 is 10.9 Å². The fraction of sp³-hybridized carbons (Fsp3) is 0.429. The number of benzene rings is 1. The summed E-state index contributed by atoms with van der Waals surface area (Å²) in [5.74, 6) is -0.258. The Morgan fingerprint density at radius 2 is 1.95 bits per heavy atom. The fourth-order valence-corrected chi connectivity index (χ4v) is 2.68. The molecule has 1 saturated heterocycles. The highest BCUT2D eigenvalue weighted by Gasteiger charge is 2.41. The zero-order chi connectivity index (χ0) is 14.1. The number of nitrogens with one attached hydrogen (secondary N) is 2. The number of nitrogens with zero attached hydrogens (tertiary/aromatic N) is 1. The molecule has 1 aromatic carbocycles. The Balaban J connectivity index is 1.52. The van der Waals surface area contributed by atoms with Crippen molar-refractivity contribution < 1.29 is 9.59 Å². The number of hydrazine groups is 1. The van der Waals surface area contributed by atoms with Gasteiger partial charge in [0.05, 0.1) is 11.6 Å². The van der Waals surface area contributed by atoms with Crippen LogP contribution in [-0.2, 0) is 9.59 Å². The molecule has 1 atom stereocenters. The largest absolute Gasteiger partial charge is 0.339 e. The highest BCUT2D eigenvalue weighted by molar-refractivity contribution is 9.10. The van der Waals surface area contributed by atoms with Gasteiger partial charge in [-0.3, -0.25) is 20.4 Å². The summed E-state index contributed by atoms with van der Waals surface area (Å²) in [6.45, 7) is 0.553. The predicted molar refractivity (Wildman–Crippen MR) is 78.7 cm³/mol. The van der Waals surface area contributed by atoms with Crippen molar-refractivity contribution in [2.75, 3.05) is 12.0 Å². The van der Waals surface area contributed by atoms with Gasteiger partial charge in [-0.1, -0.05) is 15.9 Å². The van der Waals surface area contributed by atoms with Crippen LogP contribution in [0.2, 0.25) is 0 Å². The number of hydrogen-bond donors (Lipinski definition) is 2. The van der Waals surface area contributed by atoms with Gasteiger partial charge in [0.2, 0.25) is 11.8 Å². The topological polar surface area (TPSA) is 61.4 Å². The minimum absolute atomic E-state index is 0.108. The van der Waals surface area contributed by atoms with Crippen LogP contribution in [0.25, 0.3) is 0 Å². The Labute approximate surface area is 125 Å². The fourth-order valence-electron chi connectivity index (χ4n) is 2.42. The number of rotatable bonds is 4. The molecular formula is C14H16BrN3O2. The summed E-state index contributed by atoms with van der Waals surface area (Å²) in [5, 5.41) is 0. The van der Waals surface area contributed by atoms with E-state index in [0.717, 1.165) is 23.0 Å². The lowest BCUT2D eigenvalue weighted by atomic mass is 10.1. The Morgan fingerprint density at radius 3 is 2.60 bits per heavy atom. The first-order valence-electron chi connectivity index (χ1n) is 6.74. The van der Waals surface area contributed by atoms with Crippen molar-refractivity contribution in [2.24, 2.45) is 5.92 Å². The van der Waals surface area contributed by atoms with Crippen molar-refractivity contribution in [3.63, 3.8) is 0 Å². The smallest absolute Gasteiger partial charge is 0.243 e. The lowest BCUT2D eigenvalue weighted by molar-refractivity contribution is -0.129. The summed E-state index contributed by atoms with van der Waals surface area (Å²) in [4.78, 5) is 25.7. The van der Waals surface area contributed by atoms with E-state index in [0.29, 0.717) is 19.0 Å². The molecule has 2 aliphatic rings. The van der Waals surface area contributed by atoms with E-state index < -0.39 is 0 Å². The standard InChI is InChI=1S/C14H16BrN3O2/c15-10-1-3-11(4-2-10)16-17-14(20)9-7-13(19)18(8-9)12-5-6-12/h1-4,9,12,16H,5-8H2,(H,17,20)/t9-/m1/s1. The minimum atomic E-state index is -0.244. The normalized spacial score (nSPS) is 21.9. The molecule has 1 heterocycles. The van der Waals surface area contributed by atoms with E-state index in [2.05, 4.69) is 26.8 Å². The molecule has 1 aliphatic heterocycles. The van der Waals surface area contributed by atoms with Crippen molar-refractivity contribution in [2.45, 2.75) is 25.3 Å². The molecule has 20 heavy (non-hydrogen) atoms. The number of anilines is 1. The number of amides is 2. The molecule has 1 aliphatic carbocycles. The van der Waals surface area contributed by atoms with E-state index in [4.69, 9.17) is 0 Å². The first-order valence-corrected chi connectivity index (χ1v) is 7.53. The maximum atomic E-state index is 12.1. The Hall–Kier alpha value is -1.56. The van der Waals surface area contributed by atoms with Crippen molar-refractivity contribution in [3.05, 3.63) is 28.7 Å².